The summed E-state index contributed by atoms with van der Waals surface area (Å²) in [5.74, 6) is -0.601. The van der Waals surface area contributed by atoms with Gasteiger partial charge in [-0.25, -0.2) is 9.59 Å². The van der Waals surface area contributed by atoms with Crippen LogP contribution in [0, 0.1) is 0 Å². The summed E-state index contributed by atoms with van der Waals surface area (Å²) >= 11 is 0. The summed E-state index contributed by atoms with van der Waals surface area (Å²) < 4.78 is 5.11. The van der Waals surface area contributed by atoms with Gasteiger partial charge in [-0.1, -0.05) is 61.7 Å². The number of hydrogen-bond acceptors (Lipinski definition) is 5. The van der Waals surface area contributed by atoms with Crippen LogP contribution in [0.2, 0.25) is 0 Å². The topological polar surface area (TPSA) is 99.2 Å². The third kappa shape index (κ3) is 7.71. The number of carboxylic acids is 1. The highest BCUT2D eigenvalue weighted by Crippen LogP contribution is 2.33. The number of aliphatic carboxylic acids is 1. The van der Waals surface area contributed by atoms with Crippen LogP contribution in [0.5, 0.6) is 0 Å². The summed E-state index contributed by atoms with van der Waals surface area (Å²) in [7, 11) is 0. The van der Waals surface area contributed by atoms with Crippen LogP contribution in [0.25, 0.3) is 0 Å². The first-order valence-corrected chi connectivity index (χ1v) is 13.3. The van der Waals surface area contributed by atoms with Gasteiger partial charge in [0, 0.05) is 38.3 Å². The Hall–Kier alpha value is -3.55. The molecular weight excluding hydrogens is 470 g/mol. The van der Waals surface area contributed by atoms with E-state index in [1.807, 2.05) is 30.3 Å². The van der Waals surface area contributed by atoms with Crippen molar-refractivity contribution in [1.82, 2.24) is 10.2 Å². The maximum atomic E-state index is 12.8. The number of piperazine rings is 1. The molecule has 1 saturated carbocycles. The number of ether oxygens (including phenoxy) is 1. The highest BCUT2D eigenvalue weighted by atomic mass is 16.5. The van der Waals surface area contributed by atoms with Gasteiger partial charge in [-0.2, -0.15) is 0 Å². The van der Waals surface area contributed by atoms with Gasteiger partial charge < -0.3 is 25.0 Å². The van der Waals surface area contributed by atoms with Gasteiger partial charge >= 0.3 is 12.1 Å². The van der Waals surface area contributed by atoms with Crippen molar-refractivity contribution in [3.8, 4) is 0 Å². The van der Waals surface area contributed by atoms with E-state index in [0.717, 1.165) is 18.7 Å². The van der Waals surface area contributed by atoms with E-state index in [2.05, 4.69) is 34.5 Å². The first kappa shape index (κ1) is 26.5. The second-order valence-electron chi connectivity index (χ2n) is 9.93. The van der Waals surface area contributed by atoms with Crippen LogP contribution < -0.4 is 10.2 Å². The Kier molecular flexibility index (Phi) is 9.40. The molecule has 2 fully saturated rings. The average molecular weight is 508 g/mol. The fourth-order valence-corrected chi connectivity index (χ4v) is 5.20. The van der Waals surface area contributed by atoms with Gasteiger partial charge in [0.2, 0.25) is 5.91 Å². The van der Waals surface area contributed by atoms with Crippen molar-refractivity contribution in [2.45, 2.75) is 63.5 Å². The minimum Gasteiger partial charge on any atom is -0.480 e. The van der Waals surface area contributed by atoms with Crippen molar-refractivity contribution in [3.05, 3.63) is 65.7 Å². The van der Waals surface area contributed by atoms with Crippen LogP contribution >= 0.6 is 0 Å². The smallest absolute Gasteiger partial charge is 0.408 e. The maximum absolute atomic E-state index is 12.8. The number of rotatable bonds is 9. The number of nitrogens with one attached hydrogen (secondary N) is 1. The molecule has 1 saturated heterocycles. The molecule has 1 aliphatic heterocycles. The molecule has 0 spiro atoms. The molecule has 4 rings (SSSR count). The number of benzene rings is 2. The Bertz CT molecular complexity index is 1030. The molecule has 2 aliphatic rings. The van der Waals surface area contributed by atoms with Crippen molar-refractivity contribution in [2.24, 2.45) is 0 Å². The molecule has 37 heavy (non-hydrogen) atoms. The summed E-state index contributed by atoms with van der Waals surface area (Å²) in [4.78, 5) is 40.5. The Morgan fingerprint density at radius 2 is 1.59 bits per heavy atom. The van der Waals surface area contributed by atoms with Crippen LogP contribution in [0.3, 0.4) is 0 Å². The molecule has 2 N–H and O–H groups in total. The van der Waals surface area contributed by atoms with E-state index >= 15 is 0 Å². The molecule has 2 amide bonds. The first-order valence-electron chi connectivity index (χ1n) is 13.3. The fraction of sp³-hybridized carbons (Fsp3) is 0.483. The van der Waals surface area contributed by atoms with Crippen LogP contribution in [0.1, 0.15) is 62.0 Å². The molecule has 0 unspecified atom stereocenters. The van der Waals surface area contributed by atoms with Crippen LogP contribution in [0.4, 0.5) is 10.5 Å². The van der Waals surface area contributed by atoms with Gasteiger partial charge in [0.15, 0.2) is 0 Å². The number of carboxylic acid groups (broad SMARTS) is 1. The Morgan fingerprint density at radius 3 is 2.24 bits per heavy atom. The lowest BCUT2D eigenvalue weighted by Gasteiger charge is -2.36. The quantitative estimate of drug-likeness (QED) is 0.517. The molecule has 2 aromatic rings. The zero-order valence-corrected chi connectivity index (χ0v) is 21.3. The van der Waals surface area contributed by atoms with Crippen LogP contribution in [-0.4, -0.2) is 60.2 Å². The molecule has 1 heterocycles. The van der Waals surface area contributed by atoms with Crippen molar-refractivity contribution < 1.29 is 24.2 Å². The van der Waals surface area contributed by atoms with E-state index in [1.54, 1.807) is 4.90 Å². The number of carbonyl (C=O) groups excluding carboxylic acids is 2. The largest absolute Gasteiger partial charge is 0.480 e. The number of anilines is 1. The average Bonchev–Trinajstić information content (AvgIpc) is 2.95. The zero-order valence-electron chi connectivity index (χ0n) is 21.3. The van der Waals surface area contributed by atoms with E-state index in [0.29, 0.717) is 19.0 Å². The van der Waals surface area contributed by atoms with Crippen molar-refractivity contribution in [1.29, 1.82) is 0 Å². The molecule has 2 aromatic carbocycles. The highest BCUT2D eigenvalue weighted by molar-refractivity contribution is 5.82. The molecule has 0 aromatic heterocycles. The fourth-order valence-electron chi connectivity index (χ4n) is 5.20. The van der Waals surface area contributed by atoms with E-state index in [-0.39, 0.29) is 25.4 Å². The maximum Gasteiger partial charge on any atom is 0.408 e. The molecule has 8 heteroatoms. The van der Waals surface area contributed by atoms with E-state index in [9.17, 15) is 19.5 Å². The Labute approximate surface area is 218 Å². The zero-order chi connectivity index (χ0) is 26.0. The van der Waals surface area contributed by atoms with E-state index in [4.69, 9.17) is 4.74 Å². The molecule has 1 atom stereocenters. The normalized spacial score (nSPS) is 17.2. The summed E-state index contributed by atoms with van der Waals surface area (Å²) in [6.45, 7) is 2.70. The molecule has 8 nitrogen and oxygen atoms in total. The van der Waals surface area contributed by atoms with Gasteiger partial charge in [-0.15, -0.1) is 0 Å². The Morgan fingerprint density at radius 1 is 0.919 bits per heavy atom. The van der Waals surface area contributed by atoms with Gasteiger partial charge in [0.25, 0.3) is 0 Å². The molecule has 1 aliphatic carbocycles. The highest BCUT2D eigenvalue weighted by Gasteiger charge is 2.26. The van der Waals surface area contributed by atoms with Crippen molar-refractivity contribution in [3.63, 3.8) is 0 Å². The third-order valence-electron chi connectivity index (χ3n) is 7.42. The number of alkyl carbamates (subject to hydrolysis) is 1. The lowest BCUT2D eigenvalue weighted by molar-refractivity contribution is -0.140. The number of carbonyl (C=O) groups is 3. The Balaban J connectivity index is 1.19. The minimum atomic E-state index is -1.19. The predicted molar refractivity (Wildman–Crippen MR) is 141 cm³/mol. The van der Waals surface area contributed by atoms with Gasteiger partial charge in [0.1, 0.15) is 12.6 Å². The van der Waals surface area contributed by atoms with E-state index in [1.165, 1.54) is 43.4 Å². The number of amides is 2. The summed E-state index contributed by atoms with van der Waals surface area (Å²) in [5, 5.41) is 11.9. The standard InChI is InChI=1S/C29H37N3O5/c33-27(16-15-26(28(34)35)30-29(36)37-21-22-7-3-1-4-8-22)32-19-17-31(18-20-32)25-13-11-24(12-14-25)23-9-5-2-6-10-23/h1,3-4,7-8,11-14,23,26H,2,5-6,9-10,15-21H2,(H,30,36)(H,34,35)/t26-/m0/s1. The molecule has 198 valence electrons. The number of nitrogens with zero attached hydrogens (tertiary/aromatic N) is 2. The van der Waals surface area contributed by atoms with Gasteiger partial charge in [0.05, 0.1) is 0 Å². The summed E-state index contributed by atoms with van der Waals surface area (Å²) in [6.07, 6.45) is 5.82. The predicted octanol–water partition coefficient (Wildman–Crippen LogP) is 4.54. The lowest BCUT2D eigenvalue weighted by atomic mass is 9.84. The molecular formula is C29H37N3O5. The second kappa shape index (κ2) is 13.1. The lowest BCUT2D eigenvalue weighted by Crippen LogP contribution is -2.49. The summed E-state index contributed by atoms with van der Waals surface area (Å²) in [6, 6.07) is 16.9. The molecule has 0 radical (unpaired) electrons. The first-order chi connectivity index (χ1) is 18.0. The van der Waals surface area contributed by atoms with Crippen molar-refractivity contribution in [2.75, 3.05) is 31.1 Å². The van der Waals surface area contributed by atoms with Gasteiger partial charge in [-0.05, 0) is 48.4 Å². The van der Waals surface area contributed by atoms with Crippen LogP contribution in [-0.2, 0) is 20.9 Å². The van der Waals surface area contributed by atoms with Gasteiger partial charge in [-0.3, -0.25) is 4.79 Å². The monoisotopic (exact) mass is 507 g/mol. The third-order valence-corrected chi connectivity index (χ3v) is 7.42. The number of hydrogen-bond donors (Lipinski definition) is 2. The minimum absolute atomic E-state index is 0.0114. The van der Waals surface area contributed by atoms with Crippen molar-refractivity contribution >= 4 is 23.7 Å². The summed E-state index contributed by atoms with van der Waals surface area (Å²) in [5.41, 5.74) is 3.41. The van der Waals surface area contributed by atoms with Crippen LogP contribution in [0.15, 0.2) is 54.6 Å². The SMILES string of the molecule is O=C(N[C@@H](CCC(=O)N1CCN(c2ccc(C3CCCCC3)cc2)CC1)C(=O)O)OCc1ccccc1. The van der Waals surface area contributed by atoms with E-state index < -0.39 is 18.1 Å². The molecule has 0 bridgehead atoms. The second-order valence-corrected chi connectivity index (χ2v) is 9.93.